The topological polar surface area (TPSA) is 0 Å². The average Bonchev–Trinajstić information content (AvgIpc) is 2.79. The van der Waals surface area contributed by atoms with Crippen molar-refractivity contribution in [2.45, 2.75) is 13.1 Å². The third-order valence-electron chi connectivity index (χ3n) is 5.09. The van der Waals surface area contributed by atoms with Gasteiger partial charge in [-0.1, -0.05) is 84.4 Å². The Bertz CT molecular complexity index is 958. The van der Waals surface area contributed by atoms with Crippen molar-refractivity contribution in [3.63, 3.8) is 0 Å². The van der Waals surface area contributed by atoms with E-state index in [1.54, 1.807) is 0 Å². The Balaban J connectivity index is 0.000000628. The van der Waals surface area contributed by atoms with E-state index in [1.807, 2.05) is 0 Å². The first kappa shape index (κ1) is 24.4. The van der Waals surface area contributed by atoms with Crippen LogP contribution in [0.2, 0.25) is 0 Å². The van der Waals surface area contributed by atoms with E-state index in [1.165, 1.54) is 27.0 Å². The van der Waals surface area contributed by atoms with Crippen molar-refractivity contribution in [2.24, 2.45) is 0 Å². The van der Waals surface area contributed by atoms with Gasteiger partial charge in [0.2, 0.25) is 0 Å². The molecule has 0 unspecified atom stereocenters. The SMILES string of the molecule is Cc1cccc(C[P+](c2ccccc2)(c2ccccc2)c2ccccc2)c1.[Cl][Zn-]([Cl])[Cl]. The summed E-state index contributed by atoms with van der Waals surface area (Å²) in [6.07, 6.45) is 1.03. The minimum absolute atomic E-state index is 1.03. The summed E-state index contributed by atoms with van der Waals surface area (Å²) in [7, 11) is 13.2. The molecule has 0 spiro atoms. The molecule has 0 fully saturated rings. The summed E-state index contributed by atoms with van der Waals surface area (Å²) in [5, 5.41) is 4.30. The fourth-order valence-electron chi connectivity index (χ4n) is 3.85. The van der Waals surface area contributed by atoms with Gasteiger partial charge in [0, 0.05) is 0 Å². The van der Waals surface area contributed by atoms with Crippen LogP contribution < -0.4 is 15.9 Å². The first-order chi connectivity index (χ1) is 15.0. The van der Waals surface area contributed by atoms with E-state index < -0.39 is 20.2 Å². The zero-order valence-electron chi connectivity index (χ0n) is 17.5. The van der Waals surface area contributed by atoms with Crippen molar-refractivity contribution in [1.29, 1.82) is 0 Å². The molecule has 5 heteroatoms. The molecule has 0 aliphatic rings. The van der Waals surface area contributed by atoms with Gasteiger partial charge in [0.1, 0.15) is 23.2 Å². The number of benzene rings is 4. The van der Waals surface area contributed by atoms with Crippen LogP contribution in [0.25, 0.3) is 0 Å². The third kappa shape index (κ3) is 6.65. The van der Waals surface area contributed by atoms with Crippen LogP contribution in [0.1, 0.15) is 11.1 Å². The maximum atomic E-state index is 5.01. The van der Waals surface area contributed by atoms with Crippen LogP contribution in [-0.4, -0.2) is 0 Å². The quantitative estimate of drug-likeness (QED) is 0.182. The van der Waals surface area contributed by atoms with Crippen LogP contribution in [0.4, 0.5) is 0 Å². The van der Waals surface area contributed by atoms with Crippen LogP contribution in [0.3, 0.4) is 0 Å². The van der Waals surface area contributed by atoms with E-state index in [2.05, 4.69) is 122 Å². The Morgan fingerprint density at radius 1 is 0.581 bits per heavy atom. The van der Waals surface area contributed by atoms with Gasteiger partial charge < -0.3 is 0 Å². The van der Waals surface area contributed by atoms with Crippen molar-refractivity contribution in [2.75, 3.05) is 0 Å². The van der Waals surface area contributed by atoms with Crippen molar-refractivity contribution < 1.29 is 13.0 Å². The van der Waals surface area contributed by atoms with Gasteiger partial charge >= 0.3 is 42.1 Å². The first-order valence-electron chi connectivity index (χ1n) is 10.2. The summed E-state index contributed by atoms with van der Waals surface area (Å²) in [5.41, 5.74) is 2.72. The van der Waals surface area contributed by atoms with Crippen LogP contribution in [-0.2, 0) is 19.1 Å². The Morgan fingerprint density at radius 2 is 0.968 bits per heavy atom. The Labute approximate surface area is 203 Å². The predicted molar refractivity (Wildman–Crippen MR) is 138 cm³/mol. The van der Waals surface area contributed by atoms with Crippen LogP contribution in [0, 0.1) is 6.92 Å². The summed E-state index contributed by atoms with van der Waals surface area (Å²) < 4.78 is 0. The second-order valence-electron chi connectivity index (χ2n) is 7.27. The fraction of sp³-hybridized carbons (Fsp3) is 0.0769. The molecule has 156 valence electrons. The normalized spacial score (nSPS) is 10.7. The zero-order valence-corrected chi connectivity index (χ0v) is 23.6. The van der Waals surface area contributed by atoms with Gasteiger partial charge in [-0.25, -0.2) is 0 Å². The Morgan fingerprint density at radius 3 is 1.32 bits per heavy atom. The summed E-state index contributed by atoms with van der Waals surface area (Å²) in [5.74, 6) is 0. The molecule has 0 nitrogen and oxygen atoms in total. The van der Waals surface area contributed by atoms with Gasteiger partial charge in [-0.05, 0) is 48.9 Å². The molecule has 0 amide bonds. The fourth-order valence-corrected chi connectivity index (χ4v) is 8.08. The van der Waals surface area contributed by atoms with E-state index in [4.69, 9.17) is 29.1 Å². The number of hydrogen-bond donors (Lipinski definition) is 0. The van der Waals surface area contributed by atoms with E-state index >= 15 is 0 Å². The van der Waals surface area contributed by atoms with Crippen molar-refractivity contribution in [3.05, 3.63) is 126 Å². The van der Waals surface area contributed by atoms with Crippen molar-refractivity contribution in [3.8, 4) is 0 Å². The summed E-state index contributed by atoms with van der Waals surface area (Å²) >= 11 is -2.21. The molecule has 0 saturated heterocycles. The molecule has 0 atom stereocenters. The van der Waals surface area contributed by atoms with Crippen molar-refractivity contribution >= 4 is 52.2 Å². The van der Waals surface area contributed by atoms with E-state index in [0.29, 0.717) is 0 Å². The Hall–Kier alpha value is -1.20. The molecule has 0 aliphatic carbocycles. The van der Waals surface area contributed by atoms with Gasteiger partial charge in [-0.15, -0.1) is 0 Å². The Kier molecular flexibility index (Phi) is 9.58. The third-order valence-corrected chi connectivity index (χ3v) is 9.47. The van der Waals surface area contributed by atoms with Gasteiger partial charge in [-0.2, -0.15) is 0 Å². The zero-order chi connectivity index (χ0) is 22.1. The second kappa shape index (κ2) is 12.2. The molecule has 31 heavy (non-hydrogen) atoms. The van der Waals surface area contributed by atoms with Crippen LogP contribution in [0.15, 0.2) is 115 Å². The van der Waals surface area contributed by atoms with Crippen LogP contribution >= 0.6 is 36.3 Å². The molecule has 4 aromatic rings. The molecule has 4 rings (SSSR count). The molecule has 0 bridgehead atoms. The molecule has 0 aliphatic heterocycles. The van der Waals surface area contributed by atoms with Crippen molar-refractivity contribution in [1.82, 2.24) is 0 Å². The monoisotopic (exact) mass is 536 g/mol. The first-order valence-corrected chi connectivity index (χ1v) is 23.9. The average molecular weight is 539 g/mol. The van der Waals surface area contributed by atoms with Crippen LogP contribution in [0.5, 0.6) is 0 Å². The molecule has 0 saturated carbocycles. The van der Waals surface area contributed by atoms with Gasteiger partial charge in [-0.3, -0.25) is 0 Å². The number of rotatable bonds is 5. The molecular formula is C26H24Cl3PZn. The molecule has 4 aromatic carbocycles. The number of aryl methyl sites for hydroxylation is 1. The van der Waals surface area contributed by atoms with Gasteiger partial charge in [0.05, 0.1) is 6.16 Å². The molecule has 0 radical (unpaired) electrons. The standard InChI is InChI=1S/C26H24P.3ClH.Zn/c1-22-12-11-13-23(20-22)21-27(24-14-5-2-6-15-24,25-16-7-3-8-17-25)26-18-9-4-10-19-26;;;;/h2-20H,21H2,1H3;3*1H;/q+1;;;;+2/p-3. The van der Waals surface area contributed by atoms with Gasteiger partial charge in [0.15, 0.2) is 0 Å². The number of hydrogen-bond acceptors (Lipinski definition) is 0. The predicted octanol–water partition coefficient (Wildman–Crippen LogP) is 7.56. The molecule has 0 aromatic heterocycles. The van der Waals surface area contributed by atoms with Gasteiger partial charge in [0.25, 0.3) is 0 Å². The second-order valence-corrected chi connectivity index (χ2v) is 24.6. The summed E-state index contributed by atoms with van der Waals surface area (Å²) in [6, 6.07) is 42.2. The summed E-state index contributed by atoms with van der Waals surface area (Å²) in [6.45, 7) is 2.18. The molecule has 0 heterocycles. The minimum atomic E-state index is -2.21. The number of halogens is 3. The molecular weight excluding hydrogens is 515 g/mol. The van der Waals surface area contributed by atoms with E-state index in [-0.39, 0.29) is 0 Å². The van der Waals surface area contributed by atoms with E-state index in [9.17, 15) is 0 Å². The maximum absolute atomic E-state index is 5.01. The van der Waals surface area contributed by atoms with E-state index in [0.717, 1.165) is 6.16 Å². The summed E-state index contributed by atoms with van der Waals surface area (Å²) in [4.78, 5) is 0. The molecule has 0 N–H and O–H groups in total.